The third kappa shape index (κ3) is 6.89. The van der Waals surface area contributed by atoms with Gasteiger partial charge in [0.25, 0.3) is 0 Å². The fourth-order valence-electron chi connectivity index (χ4n) is 7.63. The molecule has 5 rings (SSSR count). The zero-order valence-corrected chi connectivity index (χ0v) is 27.2. The van der Waals surface area contributed by atoms with E-state index in [4.69, 9.17) is 18.9 Å². The van der Waals surface area contributed by atoms with Gasteiger partial charge in [0.15, 0.2) is 5.79 Å². The summed E-state index contributed by atoms with van der Waals surface area (Å²) in [7, 11) is -3.63. The Balaban J connectivity index is 1.54. The molecule has 0 aromatic rings. The van der Waals surface area contributed by atoms with Crippen molar-refractivity contribution in [2.75, 3.05) is 12.9 Å². The molecule has 1 spiro atoms. The van der Waals surface area contributed by atoms with Gasteiger partial charge in [-0.1, -0.05) is 62.3 Å². The largest absolute Gasteiger partial charge is 0.462 e. The normalized spacial score (nSPS) is 45.7. The molecule has 9 nitrogen and oxygen atoms in total. The maximum atomic E-state index is 14.1. The second-order valence-electron chi connectivity index (χ2n) is 13.6. The Morgan fingerprint density at radius 1 is 1.16 bits per heavy atom. The third-order valence-corrected chi connectivity index (χ3v) is 10.6. The number of fused-ring (bicyclic) bond motifs is 2. The molecule has 4 aliphatic heterocycles. The van der Waals surface area contributed by atoms with Crippen LogP contribution in [0.4, 0.5) is 0 Å². The Morgan fingerprint density at radius 2 is 1.93 bits per heavy atom. The van der Waals surface area contributed by atoms with Crippen molar-refractivity contribution in [1.29, 1.82) is 0 Å². The van der Waals surface area contributed by atoms with Gasteiger partial charge < -0.3 is 24.1 Å². The molecule has 0 aromatic carbocycles. The number of hydrogen-bond acceptors (Lipinski definition) is 8. The molecule has 1 aliphatic carbocycles. The van der Waals surface area contributed by atoms with Gasteiger partial charge in [-0.25, -0.2) is 13.1 Å². The van der Waals surface area contributed by atoms with Crippen LogP contribution in [0.3, 0.4) is 0 Å². The van der Waals surface area contributed by atoms with Gasteiger partial charge >= 0.3 is 5.97 Å². The maximum Gasteiger partial charge on any atom is 0.316 e. The van der Waals surface area contributed by atoms with Gasteiger partial charge in [0, 0.05) is 19.3 Å². The summed E-state index contributed by atoms with van der Waals surface area (Å²) in [5.74, 6) is -1.80. The predicted molar refractivity (Wildman–Crippen MR) is 163 cm³/mol. The first-order valence-electron chi connectivity index (χ1n) is 15.8. The molecule has 10 heteroatoms. The highest BCUT2D eigenvalue weighted by atomic mass is 32.2. The number of rotatable bonds is 3. The zero-order chi connectivity index (χ0) is 31.2. The van der Waals surface area contributed by atoms with E-state index in [9.17, 15) is 18.3 Å². The lowest BCUT2D eigenvalue weighted by Gasteiger charge is -2.50. The van der Waals surface area contributed by atoms with Crippen LogP contribution < -0.4 is 4.72 Å². The van der Waals surface area contributed by atoms with E-state index in [0.29, 0.717) is 36.3 Å². The molecule has 3 saturated heterocycles. The molecule has 0 radical (unpaired) electrons. The molecule has 10 atom stereocenters. The molecular formula is C33H49NO8S. The molecule has 43 heavy (non-hydrogen) atoms. The summed E-state index contributed by atoms with van der Waals surface area (Å²) in [5.41, 5.74) is 0.581. The van der Waals surface area contributed by atoms with Gasteiger partial charge in [-0.3, -0.25) is 4.79 Å². The Labute approximate surface area is 256 Å². The van der Waals surface area contributed by atoms with Crippen molar-refractivity contribution in [3.05, 3.63) is 47.1 Å². The zero-order valence-electron chi connectivity index (χ0n) is 26.4. The van der Waals surface area contributed by atoms with Gasteiger partial charge in [0.05, 0.1) is 31.1 Å². The Morgan fingerprint density at radius 3 is 2.65 bits per heavy atom. The molecule has 0 aromatic heterocycles. The molecular weight excluding hydrogens is 570 g/mol. The lowest BCUT2D eigenvalue weighted by atomic mass is 9.70. The standard InChI is InChI=1S/C33H49NO8S/c1-7-28-22(4)13-14-32(42-28)18-26-17-25(41-32)12-11-21(3)15-20(2)9-8-10-24-19-39-30-29(34-43(6,37)38)23(5)16-27(31(35)40-26)33(24,30)36/h8-11,16,20,22,25-30,34,36H,7,12-15,17-19H2,1-6H3/b9-8+,21-11+,24-10+/t20-,22-,25+,26-,27-,28+,29+,30+,32+,33+/m0/s1. The molecule has 5 aliphatic rings. The monoisotopic (exact) mass is 619 g/mol. The summed E-state index contributed by atoms with van der Waals surface area (Å²) in [6.45, 7) is 10.4. The lowest BCUT2D eigenvalue weighted by Crippen LogP contribution is -2.61. The van der Waals surface area contributed by atoms with Crippen LogP contribution >= 0.6 is 0 Å². The highest BCUT2D eigenvalue weighted by Crippen LogP contribution is 2.47. The van der Waals surface area contributed by atoms with Gasteiger partial charge in [-0.15, -0.1) is 0 Å². The first kappa shape index (κ1) is 32.6. The fraction of sp³-hybridized carbons (Fsp3) is 0.727. The summed E-state index contributed by atoms with van der Waals surface area (Å²) in [6, 6.07) is -0.824. The lowest BCUT2D eigenvalue weighted by molar-refractivity contribution is -0.335. The van der Waals surface area contributed by atoms with Gasteiger partial charge in [0.2, 0.25) is 10.0 Å². The van der Waals surface area contributed by atoms with Crippen molar-refractivity contribution in [3.63, 3.8) is 0 Å². The first-order valence-corrected chi connectivity index (χ1v) is 17.7. The van der Waals surface area contributed by atoms with Crippen LogP contribution in [0.1, 0.15) is 79.6 Å². The third-order valence-electron chi connectivity index (χ3n) is 9.88. The topological polar surface area (TPSA) is 120 Å². The Kier molecular flexibility index (Phi) is 9.49. The number of hydrogen-bond donors (Lipinski definition) is 2. The number of esters is 1. The highest BCUT2D eigenvalue weighted by molar-refractivity contribution is 7.88. The molecule has 0 unspecified atom stereocenters. The Hall–Kier alpha value is -1.82. The summed E-state index contributed by atoms with van der Waals surface area (Å²) in [4.78, 5) is 14.1. The van der Waals surface area contributed by atoms with Crippen molar-refractivity contribution >= 4 is 16.0 Å². The molecule has 4 heterocycles. The van der Waals surface area contributed by atoms with Crippen LogP contribution in [0, 0.1) is 17.8 Å². The summed E-state index contributed by atoms with van der Waals surface area (Å²) in [6.07, 6.45) is 14.2. The highest BCUT2D eigenvalue weighted by Gasteiger charge is 2.60. The van der Waals surface area contributed by atoms with E-state index in [1.807, 2.05) is 6.08 Å². The predicted octanol–water partition coefficient (Wildman–Crippen LogP) is 4.48. The van der Waals surface area contributed by atoms with Crippen LogP contribution in [0.25, 0.3) is 0 Å². The SMILES string of the molecule is CC[C@H]1O[C@]2(CC[C@@H]1C)C[C@@H]1C[C@@H](C/C=C(\C)C[C@@H](C)/C=C/C=C3\CO[C@@H]4[C@H](NS(C)(=O)=O)C(C)=C[C@@H](C(=O)O1)[C@]34O)O2. The van der Waals surface area contributed by atoms with Gasteiger partial charge in [-0.2, -0.15) is 0 Å². The number of carbonyl (C=O) groups excluding carboxylic acids is 1. The number of aliphatic hydroxyl groups is 1. The number of sulfonamides is 1. The van der Waals surface area contributed by atoms with E-state index in [0.717, 1.165) is 31.9 Å². The molecule has 0 amide bonds. The van der Waals surface area contributed by atoms with Crippen molar-refractivity contribution in [3.8, 4) is 0 Å². The minimum atomic E-state index is -3.63. The number of nitrogens with one attached hydrogen (secondary N) is 1. The van der Waals surface area contributed by atoms with Crippen molar-refractivity contribution in [2.24, 2.45) is 17.8 Å². The summed E-state index contributed by atoms with van der Waals surface area (Å²) in [5, 5.41) is 12.4. The van der Waals surface area contributed by atoms with E-state index in [1.54, 1.807) is 19.1 Å². The van der Waals surface area contributed by atoms with Crippen LogP contribution in [-0.4, -0.2) is 74.2 Å². The van der Waals surface area contributed by atoms with Crippen molar-refractivity contribution in [2.45, 2.75) is 121 Å². The van der Waals surface area contributed by atoms with Crippen LogP contribution in [0.15, 0.2) is 47.1 Å². The minimum Gasteiger partial charge on any atom is -0.462 e. The van der Waals surface area contributed by atoms with Crippen LogP contribution in [0.5, 0.6) is 0 Å². The van der Waals surface area contributed by atoms with Gasteiger partial charge in [0.1, 0.15) is 23.7 Å². The smallest absolute Gasteiger partial charge is 0.316 e. The van der Waals surface area contributed by atoms with E-state index in [2.05, 4.69) is 44.6 Å². The quantitative estimate of drug-likeness (QED) is 0.351. The first-order chi connectivity index (χ1) is 20.2. The number of allylic oxidation sites excluding steroid dienone is 4. The molecule has 240 valence electrons. The maximum absolute atomic E-state index is 14.1. The molecule has 3 fully saturated rings. The van der Waals surface area contributed by atoms with Crippen LogP contribution in [0.2, 0.25) is 0 Å². The van der Waals surface area contributed by atoms with Crippen molar-refractivity contribution in [1.82, 2.24) is 4.72 Å². The van der Waals surface area contributed by atoms with Gasteiger partial charge in [-0.05, 0) is 56.9 Å². The average molecular weight is 620 g/mol. The van der Waals surface area contributed by atoms with Crippen molar-refractivity contribution < 1.29 is 37.3 Å². The van der Waals surface area contributed by atoms with E-state index in [-0.39, 0.29) is 24.7 Å². The average Bonchev–Trinajstić information content (AvgIpc) is 3.26. The van der Waals surface area contributed by atoms with Crippen LogP contribution in [-0.2, 0) is 33.8 Å². The second kappa shape index (κ2) is 12.5. The molecule has 2 N–H and O–H groups in total. The molecule has 0 saturated carbocycles. The Bertz CT molecular complexity index is 1300. The minimum absolute atomic E-state index is 0.0680. The van der Waals surface area contributed by atoms with E-state index >= 15 is 0 Å². The second-order valence-corrected chi connectivity index (χ2v) is 15.4. The number of carbonyl (C=O) groups is 1. The van der Waals surface area contributed by atoms with E-state index in [1.165, 1.54) is 5.57 Å². The summed E-state index contributed by atoms with van der Waals surface area (Å²) >= 11 is 0. The summed E-state index contributed by atoms with van der Waals surface area (Å²) < 4.78 is 52.8. The van der Waals surface area contributed by atoms with E-state index < -0.39 is 51.5 Å². The number of ether oxygens (including phenoxy) is 4. The fourth-order valence-corrected chi connectivity index (χ4v) is 8.41. The molecule has 2 bridgehead atoms.